The Morgan fingerprint density at radius 2 is 1.55 bits per heavy atom. The molecule has 2 aliphatic heterocycles. The van der Waals surface area contributed by atoms with Gasteiger partial charge in [0.25, 0.3) is 0 Å². The fraction of sp³-hybridized carbons (Fsp3) is 0.368. The van der Waals surface area contributed by atoms with Crippen molar-refractivity contribution in [1.82, 2.24) is 27.9 Å². The molecule has 12 nitrogen and oxygen atoms in total. The van der Waals surface area contributed by atoms with E-state index in [1.165, 1.54) is 39.9 Å². The van der Waals surface area contributed by atoms with Gasteiger partial charge in [-0.05, 0) is 43.5 Å². The SMILES string of the molecule is COc1cc([C@H]2C3=CCn4c(=O)n(C)c(=O)n4[C@@H]3Cn3c(=O)n(C)c(=O)n32)c(Br)c(Br)c1O. The molecule has 4 heterocycles. The fourth-order valence-corrected chi connectivity index (χ4v) is 5.56. The Hall–Kier alpha value is -3.00. The van der Waals surface area contributed by atoms with Gasteiger partial charge in [-0.1, -0.05) is 6.08 Å². The van der Waals surface area contributed by atoms with Crippen LogP contribution in [0.25, 0.3) is 0 Å². The van der Waals surface area contributed by atoms with Crippen LogP contribution in [0.3, 0.4) is 0 Å². The number of halogens is 2. The zero-order chi connectivity index (χ0) is 23.9. The maximum atomic E-state index is 13.1. The molecule has 14 heteroatoms. The minimum Gasteiger partial charge on any atom is -0.503 e. The van der Waals surface area contributed by atoms with Gasteiger partial charge in [0.1, 0.15) is 6.04 Å². The van der Waals surface area contributed by atoms with Gasteiger partial charge in [0.15, 0.2) is 11.5 Å². The summed E-state index contributed by atoms with van der Waals surface area (Å²) in [4.78, 5) is 51.5. The van der Waals surface area contributed by atoms with Gasteiger partial charge >= 0.3 is 22.8 Å². The van der Waals surface area contributed by atoms with Crippen molar-refractivity contribution in [3.05, 3.63) is 74.2 Å². The molecule has 0 saturated carbocycles. The number of hydrogen-bond acceptors (Lipinski definition) is 6. The van der Waals surface area contributed by atoms with Crippen LogP contribution in [0.4, 0.5) is 0 Å². The molecule has 0 amide bonds. The van der Waals surface area contributed by atoms with Crippen molar-refractivity contribution < 1.29 is 9.84 Å². The van der Waals surface area contributed by atoms with Crippen LogP contribution in [-0.2, 0) is 27.2 Å². The number of methoxy groups -OCH3 is 1. The summed E-state index contributed by atoms with van der Waals surface area (Å²) in [5, 5.41) is 10.4. The molecule has 2 atom stereocenters. The Labute approximate surface area is 201 Å². The molecule has 0 unspecified atom stereocenters. The molecule has 33 heavy (non-hydrogen) atoms. The molecular formula is C19H18Br2N6O6. The lowest BCUT2D eigenvalue weighted by atomic mass is 9.90. The van der Waals surface area contributed by atoms with E-state index in [0.29, 0.717) is 20.1 Å². The summed E-state index contributed by atoms with van der Waals surface area (Å²) >= 11 is 6.83. The van der Waals surface area contributed by atoms with E-state index in [1.54, 1.807) is 12.1 Å². The second-order valence-corrected chi connectivity index (χ2v) is 9.45. The smallest absolute Gasteiger partial charge is 0.347 e. The third-order valence-corrected chi connectivity index (χ3v) is 8.43. The normalized spacial score (nSPS) is 19.0. The highest BCUT2D eigenvalue weighted by molar-refractivity contribution is 9.13. The number of ether oxygens (including phenoxy) is 1. The first-order valence-electron chi connectivity index (χ1n) is 9.81. The van der Waals surface area contributed by atoms with E-state index in [-0.39, 0.29) is 24.6 Å². The predicted octanol–water partition coefficient (Wildman–Crippen LogP) is 0.0339. The molecule has 0 aliphatic carbocycles. The van der Waals surface area contributed by atoms with Gasteiger partial charge in [-0.2, -0.15) is 0 Å². The minimum atomic E-state index is -0.818. The monoisotopic (exact) mass is 584 g/mol. The topological polar surface area (TPSA) is 127 Å². The summed E-state index contributed by atoms with van der Waals surface area (Å²) in [5.41, 5.74) is -0.885. The molecule has 0 fully saturated rings. The Bertz CT molecular complexity index is 1610. The van der Waals surface area contributed by atoms with Crippen molar-refractivity contribution in [3.8, 4) is 11.5 Å². The molecule has 0 radical (unpaired) electrons. The Morgan fingerprint density at radius 3 is 2.18 bits per heavy atom. The Balaban J connectivity index is 1.88. The molecule has 3 aromatic rings. The maximum absolute atomic E-state index is 13.1. The largest absolute Gasteiger partial charge is 0.503 e. The molecule has 0 saturated heterocycles. The predicted molar refractivity (Wildman–Crippen MR) is 123 cm³/mol. The highest BCUT2D eigenvalue weighted by atomic mass is 79.9. The molecule has 2 aliphatic rings. The summed E-state index contributed by atoms with van der Waals surface area (Å²) in [7, 11) is 4.17. The number of rotatable bonds is 2. The number of benzene rings is 1. The van der Waals surface area contributed by atoms with Gasteiger partial charge in [-0.25, -0.2) is 47.0 Å². The quantitative estimate of drug-likeness (QED) is 0.423. The maximum Gasteiger partial charge on any atom is 0.347 e. The summed E-state index contributed by atoms with van der Waals surface area (Å²) < 4.78 is 13.3. The van der Waals surface area contributed by atoms with Gasteiger partial charge in [0.2, 0.25) is 0 Å². The second kappa shape index (κ2) is 7.25. The zero-order valence-electron chi connectivity index (χ0n) is 17.7. The molecular weight excluding hydrogens is 568 g/mol. The Kier molecular flexibility index (Phi) is 4.79. The number of phenolic OH excluding ortho intramolecular Hbond substituents is 1. The molecule has 0 bridgehead atoms. The van der Waals surface area contributed by atoms with Crippen molar-refractivity contribution in [2.24, 2.45) is 14.1 Å². The highest BCUT2D eigenvalue weighted by Crippen LogP contribution is 2.48. The van der Waals surface area contributed by atoms with Crippen LogP contribution in [0.5, 0.6) is 11.5 Å². The summed E-state index contributed by atoms with van der Waals surface area (Å²) in [6.45, 7) is 0.117. The summed E-state index contributed by atoms with van der Waals surface area (Å²) in [6.07, 6.45) is 1.79. The third-order valence-electron chi connectivity index (χ3n) is 6.28. The number of phenols is 1. The number of hydrogen-bond donors (Lipinski definition) is 1. The van der Waals surface area contributed by atoms with Crippen molar-refractivity contribution in [2.75, 3.05) is 7.11 Å². The lowest BCUT2D eigenvalue weighted by Gasteiger charge is -2.38. The van der Waals surface area contributed by atoms with E-state index in [0.717, 1.165) is 9.13 Å². The van der Waals surface area contributed by atoms with Crippen molar-refractivity contribution in [3.63, 3.8) is 0 Å². The molecule has 1 N–H and O–H groups in total. The van der Waals surface area contributed by atoms with Crippen LogP contribution in [0.2, 0.25) is 0 Å². The second-order valence-electron chi connectivity index (χ2n) is 7.87. The summed E-state index contributed by atoms with van der Waals surface area (Å²) in [5.74, 6) is 0.0225. The number of fused-ring (bicyclic) bond motifs is 4. The van der Waals surface area contributed by atoms with Crippen LogP contribution >= 0.6 is 31.9 Å². The fourth-order valence-electron chi connectivity index (χ4n) is 4.62. The number of nitrogens with zero attached hydrogens (tertiary/aromatic N) is 6. The molecule has 1 aromatic carbocycles. The highest BCUT2D eigenvalue weighted by Gasteiger charge is 2.42. The first kappa shape index (κ1) is 21.8. The number of aromatic nitrogens is 6. The average molecular weight is 586 g/mol. The van der Waals surface area contributed by atoms with Crippen LogP contribution in [-0.4, -0.2) is 40.1 Å². The Morgan fingerprint density at radius 1 is 0.939 bits per heavy atom. The van der Waals surface area contributed by atoms with E-state index in [2.05, 4.69) is 31.9 Å². The van der Waals surface area contributed by atoms with Crippen molar-refractivity contribution in [2.45, 2.75) is 25.2 Å². The molecule has 2 aromatic heterocycles. The number of aromatic hydroxyl groups is 1. The molecule has 0 spiro atoms. The lowest BCUT2D eigenvalue weighted by molar-refractivity contribution is 0.245. The third kappa shape index (κ3) is 2.73. The van der Waals surface area contributed by atoms with E-state index >= 15 is 0 Å². The van der Waals surface area contributed by atoms with E-state index in [1.807, 2.05) is 0 Å². The van der Waals surface area contributed by atoms with E-state index < -0.39 is 34.8 Å². The lowest BCUT2D eigenvalue weighted by Crippen LogP contribution is -2.47. The standard InChI is InChI=1S/C19H18Br2N6O6/c1-22-16(29)24-5-4-8-10(26(24)18(22)31)7-25-17(30)23(2)19(32)27(25)14(8)9-6-11(33-3)15(28)13(21)12(9)20/h4,6,10,14,28H,5,7H2,1-3H3/t10-,14-/m1/s1. The van der Waals surface area contributed by atoms with Crippen LogP contribution in [0.15, 0.2) is 45.8 Å². The first-order valence-corrected chi connectivity index (χ1v) is 11.4. The first-order chi connectivity index (χ1) is 15.6. The van der Waals surface area contributed by atoms with Crippen molar-refractivity contribution >= 4 is 31.9 Å². The average Bonchev–Trinajstić information content (AvgIpc) is 3.16. The molecule has 5 rings (SSSR count). The number of allylic oxidation sites excluding steroid dienone is 2. The van der Waals surface area contributed by atoms with Crippen LogP contribution < -0.4 is 27.5 Å². The van der Waals surface area contributed by atoms with Gasteiger partial charge in [0, 0.05) is 24.1 Å². The van der Waals surface area contributed by atoms with E-state index in [9.17, 15) is 24.3 Å². The van der Waals surface area contributed by atoms with Crippen molar-refractivity contribution in [1.29, 1.82) is 0 Å². The minimum absolute atomic E-state index is 0.00534. The van der Waals surface area contributed by atoms with Gasteiger partial charge < -0.3 is 9.84 Å². The van der Waals surface area contributed by atoms with E-state index in [4.69, 9.17) is 4.74 Å². The summed E-state index contributed by atoms with van der Waals surface area (Å²) in [6, 6.07) is 0.0679. The molecule has 174 valence electrons. The van der Waals surface area contributed by atoms with Gasteiger partial charge in [0.05, 0.1) is 30.7 Å². The van der Waals surface area contributed by atoms with Gasteiger partial charge in [-0.3, -0.25) is 0 Å². The van der Waals surface area contributed by atoms with Crippen LogP contribution in [0, 0.1) is 0 Å². The van der Waals surface area contributed by atoms with Crippen LogP contribution in [0.1, 0.15) is 17.6 Å². The van der Waals surface area contributed by atoms with Gasteiger partial charge in [-0.15, -0.1) is 0 Å². The zero-order valence-corrected chi connectivity index (χ0v) is 20.8.